The summed E-state index contributed by atoms with van der Waals surface area (Å²) in [6.45, 7) is 6.23. The van der Waals surface area contributed by atoms with E-state index >= 15 is 0 Å². The summed E-state index contributed by atoms with van der Waals surface area (Å²) in [5, 5.41) is 9.24. The fraction of sp³-hybridized carbons (Fsp3) is 0.333. The Labute approximate surface area is 168 Å². The van der Waals surface area contributed by atoms with Gasteiger partial charge in [0.15, 0.2) is 5.76 Å². The molecule has 0 spiro atoms. The molecule has 1 N–H and O–H groups in total. The quantitative estimate of drug-likeness (QED) is 0.573. The summed E-state index contributed by atoms with van der Waals surface area (Å²) in [5.41, 5.74) is 3.08. The predicted molar refractivity (Wildman–Crippen MR) is 113 cm³/mol. The van der Waals surface area contributed by atoms with Gasteiger partial charge in [-0.15, -0.1) is 23.1 Å². The number of carbonyl (C=O) groups is 1. The number of rotatable bonds is 8. The monoisotopic (exact) mass is 400 g/mol. The van der Waals surface area contributed by atoms with Crippen LogP contribution in [0.3, 0.4) is 0 Å². The van der Waals surface area contributed by atoms with Gasteiger partial charge in [0.25, 0.3) is 0 Å². The lowest BCUT2D eigenvalue weighted by Crippen LogP contribution is -2.46. The first-order valence-corrected chi connectivity index (χ1v) is 10.9. The third kappa shape index (κ3) is 5.71. The van der Waals surface area contributed by atoms with Crippen molar-refractivity contribution in [2.24, 2.45) is 0 Å². The third-order valence-electron chi connectivity index (χ3n) is 4.18. The Balaban J connectivity index is 1.46. The number of aryl methyl sites for hydroxylation is 1. The molecule has 27 heavy (non-hydrogen) atoms. The summed E-state index contributed by atoms with van der Waals surface area (Å²) < 4.78 is 5.37. The molecule has 6 heteroatoms. The van der Waals surface area contributed by atoms with Gasteiger partial charge in [-0.25, -0.2) is 0 Å². The molecule has 3 aromatic rings. The van der Waals surface area contributed by atoms with Crippen molar-refractivity contribution >= 4 is 29.0 Å². The minimum absolute atomic E-state index is 0.0422. The summed E-state index contributed by atoms with van der Waals surface area (Å²) in [5.74, 6) is 1.88. The average Bonchev–Trinajstić information content (AvgIpc) is 3.27. The number of benzene rings is 1. The highest BCUT2D eigenvalue weighted by molar-refractivity contribution is 7.99. The number of amides is 1. The van der Waals surface area contributed by atoms with Crippen LogP contribution in [0.4, 0.5) is 0 Å². The fourth-order valence-electron chi connectivity index (χ4n) is 2.91. The Morgan fingerprint density at radius 3 is 2.81 bits per heavy atom. The zero-order valence-corrected chi connectivity index (χ0v) is 17.5. The summed E-state index contributed by atoms with van der Waals surface area (Å²) in [6, 6.07) is 14.2. The molecule has 0 unspecified atom stereocenters. The van der Waals surface area contributed by atoms with E-state index in [0.29, 0.717) is 11.5 Å². The molecule has 0 fully saturated rings. The zero-order chi connectivity index (χ0) is 19.3. The van der Waals surface area contributed by atoms with Crippen molar-refractivity contribution in [3.05, 3.63) is 64.7 Å². The van der Waals surface area contributed by atoms with Crippen molar-refractivity contribution < 1.29 is 9.32 Å². The van der Waals surface area contributed by atoms with E-state index in [4.69, 9.17) is 4.52 Å². The minimum Gasteiger partial charge on any atom is -0.355 e. The average molecular weight is 401 g/mol. The second-order valence-electron chi connectivity index (χ2n) is 7.19. The van der Waals surface area contributed by atoms with Gasteiger partial charge in [-0.1, -0.05) is 35.5 Å². The Hall–Kier alpha value is -2.05. The third-order valence-corrected chi connectivity index (χ3v) is 6.03. The molecule has 2 aromatic heterocycles. The van der Waals surface area contributed by atoms with Crippen molar-refractivity contribution in [3.63, 3.8) is 0 Å². The van der Waals surface area contributed by atoms with Crippen molar-refractivity contribution in [1.29, 1.82) is 0 Å². The molecule has 2 heterocycles. The van der Waals surface area contributed by atoms with E-state index in [2.05, 4.69) is 43.4 Å². The van der Waals surface area contributed by atoms with Crippen LogP contribution in [0.2, 0.25) is 0 Å². The molecule has 0 aliphatic rings. The number of thiophene rings is 1. The van der Waals surface area contributed by atoms with Crippen LogP contribution in [0.25, 0.3) is 10.6 Å². The largest absolute Gasteiger partial charge is 0.355 e. The topological polar surface area (TPSA) is 55.1 Å². The lowest BCUT2D eigenvalue weighted by molar-refractivity contribution is -0.120. The first-order chi connectivity index (χ1) is 12.9. The Morgan fingerprint density at radius 1 is 1.26 bits per heavy atom. The van der Waals surface area contributed by atoms with E-state index in [1.807, 2.05) is 35.7 Å². The second-order valence-corrected chi connectivity index (χ2v) is 9.12. The lowest BCUT2D eigenvalue weighted by atomic mass is 9.92. The summed E-state index contributed by atoms with van der Waals surface area (Å²) in [6.07, 6.45) is 0.809. The first kappa shape index (κ1) is 19.7. The molecule has 0 aliphatic carbocycles. The van der Waals surface area contributed by atoms with Gasteiger partial charge in [-0.3, -0.25) is 4.79 Å². The van der Waals surface area contributed by atoms with Crippen LogP contribution in [0, 0.1) is 6.92 Å². The van der Waals surface area contributed by atoms with Crippen LogP contribution in [-0.4, -0.2) is 22.4 Å². The summed E-state index contributed by atoms with van der Waals surface area (Å²) >= 11 is 3.17. The zero-order valence-electron chi connectivity index (χ0n) is 15.8. The van der Waals surface area contributed by atoms with Gasteiger partial charge >= 0.3 is 0 Å². The highest BCUT2D eigenvalue weighted by Crippen LogP contribution is 2.26. The number of nitrogens with one attached hydrogen (secondary N) is 1. The van der Waals surface area contributed by atoms with Gasteiger partial charge in [0.2, 0.25) is 5.91 Å². The number of nitrogens with zero attached hydrogens (tertiary/aromatic N) is 1. The van der Waals surface area contributed by atoms with Gasteiger partial charge < -0.3 is 9.84 Å². The summed E-state index contributed by atoms with van der Waals surface area (Å²) in [4.78, 5) is 13.4. The molecule has 0 radical (unpaired) electrons. The van der Waals surface area contributed by atoms with Crippen LogP contribution in [0.5, 0.6) is 0 Å². The van der Waals surface area contributed by atoms with Crippen LogP contribution < -0.4 is 5.32 Å². The number of hydrogen-bond acceptors (Lipinski definition) is 5. The SMILES string of the molecule is Cc1ccccc1CC(C)(C)NC(=O)CSCc1cc(-c2cccs2)on1. The molecule has 0 atom stereocenters. The number of carbonyl (C=O) groups excluding carboxylic acids is 1. The predicted octanol–water partition coefficient (Wildman–Crippen LogP) is 5.08. The van der Waals surface area contributed by atoms with Gasteiger partial charge in [-0.2, -0.15) is 0 Å². The molecule has 1 aromatic carbocycles. The van der Waals surface area contributed by atoms with Crippen LogP contribution in [0.15, 0.2) is 52.4 Å². The van der Waals surface area contributed by atoms with Gasteiger partial charge in [0.05, 0.1) is 16.3 Å². The van der Waals surface area contributed by atoms with Crippen LogP contribution in [-0.2, 0) is 17.0 Å². The van der Waals surface area contributed by atoms with E-state index in [9.17, 15) is 4.79 Å². The van der Waals surface area contributed by atoms with E-state index < -0.39 is 0 Å². The van der Waals surface area contributed by atoms with Crippen molar-refractivity contribution in [2.75, 3.05) is 5.75 Å². The summed E-state index contributed by atoms with van der Waals surface area (Å²) in [7, 11) is 0. The number of hydrogen-bond donors (Lipinski definition) is 1. The molecule has 0 aliphatic heterocycles. The van der Waals surface area contributed by atoms with Gasteiger partial charge in [0.1, 0.15) is 0 Å². The van der Waals surface area contributed by atoms with Crippen molar-refractivity contribution in [1.82, 2.24) is 10.5 Å². The molecule has 0 saturated carbocycles. The smallest absolute Gasteiger partial charge is 0.230 e. The van der Waals surface area contributed by atoms with Gasteiger partial charge in [0, 0.05) is 17.4 Å². The molecular formula is C21H24N2O2S2. The first-order valence-electron chi connectivity index (χ1n) is 8.86. The molecule has 0 saturated heterocycles. The molecular weight excluding hydrogens is 376 g/mol. The maximum atomic E-state index is 12.3. The van der Waals surface area contributed by atoms with E-state index in [-0.39, 0.29) is 11.4 Å². The standard InChI is InChI=1S/C21H24N2O2S2/c1-15-7-4-5-8-16(15)12-21(2,3)22-20(24)14-26-13-17-11-18(25-23-17)19-9-6-10-27-19/h4-11H,12-14H2,1-3H3,(H,22,24). The number of thioether (sulfide) groups is 1. The van der Waals surface area contributed by atoms with E-state index in [0.717, 1.165) is 22.8 Å². The molecule has 3 rings (SSSR count). The molecule has 0 bridgehead atoms. The van der Waals surface area contributed by atoms with Gasteiger partial charge in [-0.05, 0) is 49.8 Å². The highest BCUT2D eigenvalue weighted by Gasteiger charge is 2.21. The Morgan fingerprint density at radius 2 is 2.07 bits per heavy atom. The number of aromatic nitrogens is 1. The Bertz CT molecular complexity index is 885. The molecule has 142 valence electrons. The fourth-order valence-corrected chi connectivity index (χ4v) is 4.28. The molecule has 1 amide bonds. The maximum Gasteiger partial charge on any atom is 0.230 e. The Kier molecular flexibility index (Phi) is 6.39. The van der Waals surface area contributed by atoms with Crippen molar-refractivity contribution in [3.8, 4) is 10.6 Å². The van der Waals surface area contributed by atoms with E-state index in [1.165, 1.54) is 11.1 Å². The van der Waals surface area contributed by atoms with Crippen molar-refractivity contribution in [2.45, 2.75) is 38.5 Å². The minimum atomic E-state index is -0.288. The normalized spacial score (nSPS) is 11.5. The second kappa shape index (κ2) is 8.76. The highest BCUT2D eigenvalue weighted by atomic mass is 32.2. The van der Waals surface area contributed by atoms with Crippen LogP contribution >= 0.6 is 23.1 Å². The molecule has 4 nitrogen and oxygen atoms in total. The maximum absolute atomic E-state index is 12.3. The van der Waals surface area contributed by atoms with Crippen LogP contribution in [0.1, 0.15) is 30.7 Å². The lowest BCUT2D eigenvalue weighted by Gasteiger charge is -2.27. The van der Waals surface area contributed by atoms with E-state index in [1.54, 1.807) is 23.1 Å².